The molecule has 0 aromatic heterocycles. The Morgan fingerprint density at radius 3 is 2.49 bits per heavy atom. The van der Waals surface area contributed by atoms with Crippen molar-refractivity contribution in [3.63, 3.8) is 0 Å². The summed E-state index contributed by atoms with van der Waals surface area (Å²) < 4.78 is 5.83. The normalized spacial score (nSPS) is 23.0. The highest BCUT2D eigenvalue weighted by Gasteiger charge is 2.48. The molecular formula is C29H44N2O6. The Hall–Kier alpha value is -2.77. The molecule has 1 heterocycles. The number of nitrogens with zero attached hydrogens (tertiary/aromatic N) is 1. The van der Waals surface area contributed by atoms with Crippen LogP contribution >= 0.6 is 0 Å². The molecule has 1 aliphatic carbocycles. The number of aryl methyl sites for hydroxylation is 1. The fraction of sp³-hybridized carbons (Fsp3) is 0.690. The molecule has 0 spiro atoms. The first-order valence-corrected chi connectivity index (χ1v) is 13.6. The standard InChI is InChI=1S/C29H44N2O6/c1-19(17-21-12-14-28(2,3)29(21,4)5)37-27(36)22-7-6-16-31(22)26(35)13-15-30-25(34)11-9-20-8-10-23(32)24(33)18-20/h8,10,18-19,21-22,32-33H,6-7,9,11-17H2,1-5H3,(H,30,34). The van der Waals surface area contributed by atoms with Crippen molar-refractivity contribution in [1.29, 1.82) is 0 Å². The van der Waals surface area contributed by atoms with Crippen molar-refractivity contribution in [3.05, 3.63) is 23.8 Å². The summed E-state index contributed by atoms with van der Waals surface area (Å²) in [6.07, 6.45) is 5.03. The van der Waals surface area contributed by atoms with Crippen LogP contribution in [-0.4, -0.2) is 58.1 Å². The van der Waals surface area contributed by atoms with Gasteiger partial charge in [0, 0.05) is 25.9 Å². The van der Waals surface area contributed by atoms with E-state index in [2.05, 4.69) is 33.0 Å². The Bertz CT molecular complexity index is 989. The molecule has 1 aromatic carbocycles. The second-order valence-electron chi connectivity index (χ2n) is 12.0. The van der Waals surface area contributed by atoms with E-state index in [0.29, 0.717) is 25.3 Å². The minimum atomic E-state index is -0.555. The van der Waals surface area contributed by atoms with Gasteiger partial charge in [0.25, 0.3) is 0 Å². The molecule has 2 amide bonds. The number of ether oxygens (including phenoxy) is 1. The van der Waals surface area contributed by atoms with Gasteiger partial charge in [-0.05, 0) is 79.9 Å². The number of hydrogen-bond donors (Lipinski definition) is 3. The zero-order valence-corrected chi connectivity index (χ0v) is 23.0. The lowest BCUT2D eigenvalue weighted by molar-refractivity contribution is -0.158. The first-order chi connectivity index (χ1) is 17.3. The Kier molecular flexibility index (Phi) is 9.13. The van der Waals surface area contributed by atoms with Gasteiger partial charge in [0.2, 0.25) is 11.8 Å². The first-order valence-electron chi connectivity index (χ1n) is 13.6. The van der Waals surface area contributed by atoms with Gasteiger partial charge in [-0.3, -0.25) is 9.59 Å². The van der Waals surface area contributed by atoms with E-state index in [9.17, 15) is 24.6 Å². The zero-order valence-electron chi connectivity index (χ0n) is 23.0. The lowest BCUT2D eigenvalue weighted by atomic mass is 9.66. The molecule has 3 atom stereocenters. The smallest absolute Gasteiger partial charge is 0.329 e. The quantitative estimate of drug-likeness (QED) is 0.315. The van der Waals surface area contributed by atoms with Crippen molar-refractivity contribution in [2.24, 2.45) is 16.7 Å². The van der Waals surface area contributed by atoms with Crippen LogP contribution in [0.15, 0.2) is 18.2 Å². The van der Waals surface area contributed by atoms with E-state index in [0.717, 1.165) is 24.8 Å². The van der Waals surface area contributed by atoms with E-state index in [1.807, 2.05) is 6.92 Å². The lowest BCUT2D eigenvalue weighted by Gasteiger charge is -2.40. The Labute approximate surface area is 220 Å². The third-order valence-electron chi connectivity index (χ3n) is 9.00. The van der Waals surface area contributed by atoms with Gasteiger partial charge in [-0.15, -0.1) is 0 Å². The second-order valence-corrected chi connectivity index (χ2v) is 12.0. The van der Waals surface area contributed by atoms with Gasteiger partial charge in [-0.1, -0.05) is 33.8 Å². The van der Waals surface area contributed by atoms with Crippen LogP contribution in [0.5, 0.6) is 11.5 Å². The molecule has 1 saturated carbocycles. The summed E-state index contributed by atoms with van der Waals surface area (Å²) >= 11 is 0. The second kappa shape index (κ2) is 11.7. The van der Waals surface area contributed by atoms with Gasteiger partial charge in [0.1, 0.15) is 6.04 Å². The van der Waals surface area contributed by atoms with Gasteiger partial charge in [-0.2, -0.15) is 0 Å². The number of aromatic hydroxyl groups is 2. The predicted molar refractivity (Wildman–Crippen MR) is 141 cm³/mol. The molecule has 3 rings (SSSR count). The van der Waals surface area contributed by atoms with E-state index >= 15 is 0 Å². The largest absolute Gasteiger partial charge is 0.504 e. The van der Waals surface area contributed by atoms with Crippen LogP contribution in [0.1, 0.15) is 85.1 Å². The molecule has 8 nitrogen and oxygen atoms in total. The average molecular weight is 517 g/mol. The van der Waals surface area contributed by atoms with E-state index in [1.165, 1.54) is 18.6 Å². The van der Waals surface area contributed by atoms with Crippen LogP contribution < -0.4 is 5.32 Å². The Morgan fingerprint density at radius 1 is 1.11 bits per heavy atom. The summed E-state index contributed by atoms with van der Waals surface area (Å²) in [6.45, 7) is 11.9. The summed E-state index contributed by atoms with van der Waals surface area (Å²) in [4.78, 5) is 39.6. The highest BCUT2D eigenvalue weighted by Crippen LogP contribution is 2.57. The highest BCUT2D eigenvalue weighted by molar-refractivity contribution is 5.85. The van der Waals surface area contributed by atoms with E-state index < -0.39 is 6.04 Å². The maximum Gasteiger partial charge on any atom is 0.329 e. The van der Waals surface area contributed by atoms with Gasteiger partial charge in [0.15, 0.2) is 11.5 Å². The summed E-state index contributed by atoms with van der Waals surface area (Å²) in [5, 5.41) is 21.7. The minimum Gasteiger partial charge on any atom is -0.504 e. The number of rotatable bonds is 10. The van der Waals surface area contributed by atoms with Crippen LogP contribution in [0.25, 0.3) is 0 Å². The molecule has 1 aromatic rings. The molecule has 2 fully saturated rings. The number of hydrogen-bond acceptors (Lipinski definition) is 6. The maximum absolute atomic E-state index is 13.0. The monoisotopic (exact) mass is 516 g/mol. The molecule has 0 radical (unpaired) electrons. The summed E-state index contributed by atoms with van der Waals surface area (Å²) in [5.41, 5.74) is 1.17. The molecule has 8 heteroatoms. The molecule has 0 bridgehead atoms. The zero-order chi connectivity index (χ0) is 27.4. The fourth-order valence-corrected chi connectivity index (χ4v) is 5.74. The van der Waals surface area contributed by atoms with Crippen molar-refractivity contribution >= 4 is 17.8 Å². The number of phenols is 2. The lowest BCUT2D eigenvalue weighted by Crippen LogP contribution is -2.43. The third-order valence-corrected chi connectivity index (χ3v) is 9.00. The summed E-state index contributed by atoms with van der Waals surface area (Å²) in [7, 11) is 0. The van der Waals surface area contributed by atoms with Gasteiger partial charge in [-0.25, -0.2) is 4.79 Å². The molecule has 37 heavy (non-hydrogen) atoms. The topological polar surface area (TPSA) is 116 Å². The minimum absolute atomic E-state index is 0.121. The van der Waals surface area contributed by atoms with E-state index in [1.54, 1.807) is 11.0 Å². The van der Waals surface area contributed by atoms with Crippen molar-refractivity contribution < 1.29 is 29.3 Å². The van der Waals surface area contributed by atoms with Crippen molar-refractivity contribution in [1.82, 2.24) is 10.2 Å². The van der Waals surface area contributed by atoms with Crippen molar-refractivity contribution in [2.75, 3.05) is 13.1 Å². The van der Waals surface area contributed by atoms with Gasteiger partial charge >= 0.3 is 5.97 Å². The van der Waals surface area contributed by atoms with Crippen LogP contribution in [0.3, 0.4) is 0 Å². The number of phenolic OH excluding ortho intramolecular Hbond substituents is 2. The number of benzene rings is 1. The molecule has 206 valence electrons. The SMILES string of the molecule is CC(CC1CCC(C)(C)C1(C)C)OC(=O)C1CCCN1C(=O)CCNC(=O)CCc1ccc(O)c(O)c1. The summed E-state index contributed by atoms with van der Waals surface area (Å²) in [5.74, 6) is -0.612. The van der Waals surface area contributed by atoms with Gasteiger partial charge < -0.3 is 25.2 Å². The van der Waals surface area contributed by atoms with Crippen molar-refractivity contribution in [2.45, 2.75) is 98.1 Å². The fourth-order valence-electron chi connectivity index (χ4n) is 5.74. The Balaban J connectivity index is 1.41. The molecule has 3 unspecified atom stereocenters. The Morgan fingerprint density at radius 2 is 1.84 bits per heavy atom. The third kappa shape index (κ3) is 6.96. The highest BCUT2D eigenvalue weighted by atomic mass is 16.5. The van der Waals surface area contributed by atoms with Crippen LogP contribution in [-0.2, 0) is 25.5 Å². The number of amides is 2. The van der Waals surface area contributed by atoms with Crippen LogP contribution in [0, 0.1) is 16.7 Å². The van der Waals surface area contributed by atoms with E-state index in [-0.39, 0.29) is 65.6 Å². The van der Waals surface area contributed by atoms with Gasteiger partial charge in [0.05, 0.1) is 6.10 Å². The molecule has 3 N–H and O–H groups in total. The molecule has 1 saturated heterocycles. The maximum atomic E-state index is 13.0. The van der Waals surface area contributed by atoms with Crippen LogP contribution in [0.2, 0.25) is 0 Å². The van der Waals surface area contributed by atoms with E-state index in [4.69, 9.17) is 4.74 Å². The molecule has 1 aliphatic heterocycles. The number of carbonyl (C=O) groups excluding carboxylic acids is 3. The average Bonchev–Trinajstić information content (AvgIpc) is 3.39. The predicted octanol–water partition coefficient (Wildman–Crippen LogP) is 4.31. The number of likely N-dealkylation sites (tertiary alicyclic amines) is 1. The van der Waals surface area contributed by atoms with Crippen LogP contribution in [0.4, 0.5) is 0 Å². The number of carbonyl (C=O) groups is 3. The first kappa shape index (κ1) is 28.8. The molecule has 2 aliphatic rings. The van der Waals surface area contributed by atoms with Crippen molar-refractivity contribution in [3.8, 4) is 11.5 Å². The number of esters is 1. The number of nitrogens with one attached hydrogen (secondary N) is 1. The molecular weight excluding hydrogens is 472 g/mol. The summed E-state index contributed by atoms with van der Waals surface area (Å²) in [6, 6.07) is 3.90.